The molecule has 1 heterocycles. The number of carbonyl (C=O) groups is 1. The molecule has 0 aromatic heterocycles. The van der Waals surface area contributed by atoms with Crippen LogP contribution in [0.4, 0.5) is 5.69 Å². The molecule has 21 heavy (non-hydrogen) atoms. The molecule has 1 N–H and O–H groups in total. The molecule has 0 aliphatic carbocycles. The summed E-state index contributed by atoms with van der Waals surface area (Å²) in [7, 11) is 0. The van der Waals surface area contributed by atoms with E-state index in [0.717, 1.165) is 31.6 Å². The van der Waals surface area contributed by atoms with E-state index in [-0.39, 0.29) is 11.9 Å². The van der Waals surface area contributed by atoms with Gasteiger partial charge in [-0.3, -0.25) is 4.79 Å². The third-order valence-corrected chi connectivity index (χ3v) is 4.65. The number of nitrogens with one attached hydrogen (secondary N) is 1. The molecular weight excluding hydrogens is 284 g/mol. The number of halogens is 1. The van der Waals surface area contributed by atoms with Gasteiger partial charge >= 0.3 is 0 Å². The van der Waals surface area contributed by atoms with E-state index < -0.39 is 0 Å². The fourth-order valence-electron chi connectivity index (χ4n) is 2.88. The van der Waals surface area contributed by atoms with Crippen LogP contribution in [0.25, 0.3) is 0 Å². The second-order valence-corrected chi connectivity index (χ2v) is 6.41. The molecule has 3 nitrogen and oxygen atoms in total. The highest BCUT2D eigenvalue weighted by atomic mass is 35.5. The lowest BCUT2D eigenvalue weighted by Crippen LogP contribution is -2.46. The Labute approximate surface area is 132 Å². The number of hydrogen-bond acceptors (Lipinski definition) is 2. The van der Waals surface area contributed by atoms with Crippen LogP contribution in [0.2, 0.25) is 5.02 Å². The van der Waals surface area contributed by atoms with Gasteiger partial charge in [0.15, 0.2) is 0 Å². The van der Waals surface area contributed by atoms with Crippen molar-refractivity contribution in [3.63, 3.8) is 0 Å². The maximum Gasteiger partial charge on any atom is 0.256 e. The molecule has 0 radical (unpaired) electrons. The van der Waals surface area contributed by atoms with E-state index in [4.69, 9.17) is 11.6 Å². The molecular formula is C17H25ClN2O. The number of amides is 1. The third kappa shape index (κ3) is 3.70. The summed E-state index contributed by atoms with van der Waals surface area (Å²) >= 11 is 6.10. The highest BCUT2D eigenvalue weighted by Crippen LogP contribution is 2.28. The normalized spacial score (nSPS) is 22.2. The first-order chi connectivity index (χ1) is 10.0. The Balaban J connectivity index is 2.26. The minimum atomic E-state index is 0.0927. The van der Waals surface area contributed by atoms with E-state index in [1.165, 1.54) is 6.42 Å². The molecule has 2 rings (SSSR count). The topological polar surface area (TPSA) is 32.3 Å². The van der Waals surface area contributed by atoms with Crippen molar-refractivity contribution in [2.75, 3.05) is 18.4 Å². The second kappa shape index (κ2) is 7.17. The summed E-state index contributed by atoms with van der Waals surface area (Å²) in [5.74, 6) is 0.643. The Morgan fingerprint density at radius 2 is 2.19 bits per heavy atom. The van der Waals surface area contributed by atoms with Gasteiger partial charge in [0.25, 0.3) is 5.91 Å². The summed E-state index contributed by atoms with van der Waals surface area (Å²) in [6, 6.07) is 5.81. The van der Waals surface area contributed by atoms with Crippen LogP contribution in [0, 0.1) is 5.92 Å². The van der Waals surface area contributed by atoms with Crippen molar-refractivity contribution in [3.05, 3.63) is 28.8 Å². The summed E-state index contributed by atoms with van der Waals surface area (Å²) in [5.41, 5.74) is 1.58. The van der Waals surface area contributed by atoms with Crippen molar-refractivity contribution in [1.82, 2.24) is 4.90 Å². The lowest BCUT2D eigenvalue weighted by Gasteiger charge is -2.38. The fraction of sp³-hybridized carbons (Fsp3) is 0.588. The van der Waals surface area contributed by atoms with Gasteiger partial charge in [-0.25, -0.2) is 0 Å². The fourth-order valence-corrected chi connectivity index (χ4v) is 3.06. The van der Waals surface area contributed by atoms with Crippen LogP contribution in [-0.2, 0) is 0 Å². The van der Waals surface area contributed by atoms with Crippen LogP contribution in [0.15, 0.2) is 18.2 Å². The van der Waals surface area contributed by atoms with Gasteiger partial charge < -0.3 is 10.2 Å². The summed E-state index contributed by atoms with van der Waals surface area (Å²) in [5, 5.41) is 3.94. The monoisotopic (exact) mass is 308 g/mol. The van der Waals surface area contributed by atoms with Crippen molar-refractivity contribution >= 4 is 23.2 Å². The first kappa shape index (κ1) is 16.2. The number of rotatable bonds is 4. The van der Waals surface area contributed by atoms with Crippen molar-refractivity contribution in [1.29, 1.82) is 0 Å². The number of hydrogen-bond donors (Lipinski definition) is 1. The minimum Gasteiger partial charge on any atom is -0.384 e. The van der Waals surface area contributed by atoms with E-state index >= 15 is 0 Å². The molecule has 2 unspecified atom stereocenters. The average Bonchev–Trinajstić information content (AvgIpc) is 2.48. The number of benzene rings is 1. The molecule has 1 aliphatic heterocycles. The average molecular weight is 309 g/mol. The molecule has 1 amide bonds. The van der Waals surface area contributed by atoms with Crippen LogP contribution >= 0.6 is 11.6 Å². The maximum absolute atomic E-state index is 12.9. The van der Waals surface area contributed by atoms with Crippen molar-refractivity contribution in [2.24, 2.45) is 5.92 Å². The van der Waals surface area contributed by atoms with Gasteiger partial charge in [0.1, 0.15) is 0 Å². The van der Waals surface area contributed by atoms with E-state index in [9.17, 15) is 4.79 Å². The Morgan fingerprint density at radius 3 is 2.90 bits per heavy atom. The largest absolute Gasteiger partial charge is 0.384 e. The molecule has 2 atom stereocenters. The number of anilines is 1. The molecule has 1 aliphatic rings. The molecule has 0 bridgehead atoms. The summed E-state index contributed by atoms with van der Waals surface area (Å²) in [4.78, 5) is 14.9. The lowest BCUT2D eigenvalue weighted by molar-refractivity contribution is 0.0552. The lowest BCUT2D eigenvalue weighted by atomic mass is 9.91. The van der Waals surface area contributed by atoms with Gasteiger partial charge in [0.05, 0.1) is 5.56 Å². The molecule has 1 aromatic rings. The predicted octanol–water partition coefficient (Wildman–Crippen LogP) is 4.42. The Bertz CT molecular complexity index is 504. The third-order valence-electron chi connectivity index (χ3n) is 4.41. The van der Waals surface area contributed by atoms with Crippen molar-refractivity contribution in [3.8, 4) is 0 Å². The van der Waals surface area contributed by atoms with Gasteiger partial charge in [0.2, 0.25) is 0 Å². The molecule has 116 valence electrons. The molecule has 1 aromatic carbocycles. The number of carbonyl (C=O) groups excluding carboxylic acids is 1. The van der Waals surface area contributed by atoms with Gasteiger partial charge in [-0.05, 0) is 50.3 Å². The second-order valence-electron chi connectivity index (χ2n) is 5.98. The van der Waals surface area contributed by atoms with Crippen LogP contribution in [0.1, 0.15) is 50.4 Å². The van der Waals surface area contributed by atoms with Crippen LogP contribution in [0.3, 0.4) is 0 Å². The van der Waals surface area contributed by atoms with Gasteiger partial charge in [0, 0.05) is 29.8 Å². The highest BCUT2D eigenvalue weighted by molar-refractivity contribution is 6.31. The number of nitrogens with zero attached hydrogens (tertiary/aromatic N) is 1. The van der Waals surface area contributed by atoms with E-state index in [1.54, 1.807) is 6.07 Å². The quantitative estimate of drug-likeness (QED) is 0.893. The first-order valence-electron chi connectivity index (χ1n) is 7.89. The highest BCUT2D eigenvalue weighted by Gasteiger charge is 2.30. The summed E-state index contributed by atoms with van der Waals surface area (Å²) < 4.78 is 0. The molecule has 1 saturated heterocycles. The zero-order valence-corrected chi connectivity index (χ0v) is 13.9. The molecule has 4 heteroatoms. The first-order valence-corrected chi connectivity index (χ1v) is 8.26. The molecule has 1 fully saturated rings. The molecule has 0 spiro atoms. The van der Waals surface area contributed by atoms with Gasteiger partial charge in [-0.1, -0.05) is 25.4 Å². The molecule has 0 saturated carbocycles. The smallest absolute Gasteiger partial charge is 0.256 e. The van der Waals surface area contributed by atoms with Crippen molar-refractivity contribution in [2.45, 2.75) is 46.1 Å². The zero-order valence-electron chi connectivity index (χ0n) is 13.2. The zero-order chi connectivity index (χ0) is 15.4. The van der Waals surface area contributed by atoms with Crippen molar-refractivity contribution < 1.29 is 4.79 Å². The Morgan fingerprint density at radius 1 is 1.43 bits per heavy atom. The van der Waals surface area contributed by atoms with Gasteiger partial charge in [-0.2, -0.15) is 0 Å². The minimum absolute atomic E-state index is 0.0927. The SMILES string of the molecule is CCCNc1ccc(Cl)cc1C(=O)N1CCCC(C)C1C. The van der Waals surface area contributed by atoms with E-state index in [1.807, 2.05) is 17.0 Å². The Hall–Kier alpha value is -1.22. The maximum atomic E-state index is 12.9. The number of likely N-dealkylation sites (tertiary alicyclic amines) is 1. The van der Waals surface area contributed by atoms with E-state index in [2.05, 4.69) is 26.1 Å². The summed E-state index contributed by atoms with van der Waals surface area (Å²) in [6.07, 6.45) is 3.30. The van der Waals surface area contributed by atoms with Crippen LogP contribution in [0.5, 0.6) is 0 Å². The van der Waals surface area contributed by atoms with Crippen LogP contribution < -0.4 is 5.32 Å². The van der Waals surface area contributed by atoms with E-state index in [0.29, 0.717) is 16.5 Å². The standard InChI is InChI=1S/C17H25ClN2O/c1-4-9-19-16-8-7-14(18)11-15(16)17(21)20-10-5-6-12(2)13(20)3/h7-8,11-13,19H,4-6,9-10H2,1-3H3. The van der Waals surface area contributed by atoms with Gasteiger partial charge in [-0.15, -0.1) is 0 Å². The van der Waals surface area contributed by atoms with Crippen LogP contribution in [-0.4, -0.2) is 29.9 Å². The number of piperidine rings is 1. The predicted molar refractivity (Wildman–Crippen MR) is 89.1 cm³/mol. The Kier molecular flexibility index (Phi) is 5.51. The summed E-state index contributed by atoms with van der Waals surface area (Å²) in [6.45, 7) is 8.17.